The number of nitro benzene ring substituents is 1. The molecule has 1 aromatic heterocycles. The summed E-state index contributed by atoms with van der Waals surface area (Å²) in [5, 5.41) is 15.9. The summed E-state index contributed by atoms with van der Waals surface area (Å²) in [6, 6.07) is 21.7. The quantitative estimate of drug-likeness (QED) is 0.197. The zero-order valence-corrected chi connectivity index (χ0v) is 19.1. The fourth-order valence-electron chi connectivity index (χ4n) is 3.35. The van der Waals surface area contributed by atoms with Gasteiger partial charge in [0, 0.05) is 16.5 Å². The Morgan fingerprint density at radius 3 is 2.33 bits per heavy atom. The molecule has 0 saturated heterocycles. The first-order valence-electron chi connectivity index (χ1n) is 10.2. The van der Waals surface area contributed by atoms with Gasteiger partial charge < -0.3 is 4.74 Å². The summed E-state index contributed by atoms with van der Waals surface area (Å²) in [4.78, 5) is 25.6. The molecule has 0 saturated carbocycles. The molecule has 0 aliphatic carbocycles. The summed E-state index contributed by atoms with van der Waals surface area (Å²) >= 11 is 1.45. The number of hydrogen-bond acceptors (Lipinski definition) is 6. The van der Waals surface area contributed by atoms with Crippen molar-refractivity contribution in [3.63, 3.8) is 0 Å². The molecule has 166 valence electrons. The highest BCUT2D eigenvalue weighted by Crippen LogP contribution is 2.39. The molecule has 0 amide bonds. The lowest BCUT2D eigenvalue weighted by atomic mass is 10.1. The maximum atomic E-state index is 13.2. The van der Waals surface area contributed by atoms with Crippen LogP contribution in [0.3, 0.4) is 0 Å². The van der Waals surface area contributed by atoms with Crippen molar-refractivity contribution in [1.29, 1.82) is 0 Å². The number of para-hydroxylation sites is 1. The predicted octanol–water partition coefficient (Wildman–Crippen LogP) is 6.08. The van der Waals surface area contributed by atoms with E-state index in [1.807, 2.05) is 68.4 Å². The molecule has 33 heavy (non-hydrogen) atoms. The maximum Gasteiger partial charge on any atom is 0.345 e. The van der Waals surface area contributed by atoms with E-state index >= 15 is 0 Å². The SMILES string of the molecule is Cc1ccc(Sc2c(C)nn(-c3ccccc3)c2OC(=O)c2cccc([N+](=O)[O-])c2C)cc1. The van der Waals surface area contributed by atoms with E-state index in [1.54, 1.807) is 4.68 Å². The van der Waals surface area contributed by atoms with E-state index in [0.29, 0.717) is 10.6 Å². The first kappa shape index (κ1) is 22.3. The zero-order valence-electron chi connectivity index (χ0n) is 18.3. The molecule has 0 radical (unpaired) electrons. The largest absolute Gasteiger partial charge is 0.402 e. The smallest absolute Gasteiger partial charge is 0.345 e. The van der Waals surface area contributed by atoms with Gasteiger partial charge in [-0.3, -0.25) is 10.1 Å². The molecule has 8 heteroatoms. The van der Waals surface area contributed by atoms with Crippen LogP contribution in [0.5, 0.6) is 5.88 Å². The van der Waals surface area contributed by atoms with Crippen LogP contribution in [0.25, 0.3) is 5.69 Å². The molecule has 4 aromatic rings. The average Bonchev–Trinajstić information content (AvgIpc) is 3.10. The molecule has 0 atom stereocenters. The van der Waals surface area contributed by atoms with Crippen molar-refractivity contribution in [2.45, 2.75) is 30.6 Å². The third kappa shape index (κ3) is 4.65. The van der Waals surface area contributed by atoms with Crippen LogP contribution < -0.4 is 4.74 Å². The molecule has 0 aliphatic rings. The van der Waals surface area contributed by atoms with Gasteiger partial charge in [-0.2, -0.15) is 9.78 Å². The fourth-order valence-corrected chi connectivity index (χ4v) is 4.26. The molecular formula is C25H21N3O4S. The van der Waals surface area contributed by atoms with E-state index in [9.17, 15) is 14.9 Å². The number of carbonyl (C=O) groups is 1. The summed E-state index contributed by atoms with van der Waals surface area (Å²) in [6.45, 7) is 5.41. The van der Waals surface area contributed by atoms with Crippen LogP contribution in [0, 0.1) is 30.9 Å². The Labute approximate surface area is 195 Å². The number of benzene rings is 3. The van der Waals surface area contributed by atoms with Crippen LogP contribution in [0.2, 0.25) is 0 Å². The number of nitrogens with zero attached hydrogens (tertiary/aromatic N) is 3. The highest BCUT2D eigenvalue weighted by molar-refractivity contribution is 7.99. The lowest BCUT2D eigenvalue weighted by Gasteiger charge is -2.11. The minimum Gasteiger partial charge on any atom is -0.402 e. The molecule has 7 nitrogen and oxygen atoms in total. The van der Waals surface area contributed by atoms with Gasteiger partial charge in [-0.15, -0.1) is 0 Å². The average molecular weight is 460 g/mol. The van der Waals surface area contributed by atoms with Crippen LogP contribution >= 0.6 is 11.8 Å². The molecule has 0 bridgehead atoms. The molecule has 0 spiro atoms. The highest BCUT2D eigenvalue weighted by atomic mass is 32.2. The van der Waals surface area contributed by atoms with Gasteiger partial charge in [0.1, 0.15) is 0 Å². The molecule has 4 rings (SSSR count). The van der Waals surface area contributed by atoms with Gasteiger partial charge in [-0.05, 0) is 51.1 Å². The van der Waals surface area contributed by atoms with Crippen LogP contribution in [0.4, 0.5) is 5.69 Å². The molecule has 3 aromatic carbocycles. The fraction of sp³-hybridized carbons (Fsp3) is 0.120. The summed E-state index contributed by atoms with van der Waals surface area (Å²) < 4.78 is 7.45. The van der Waals surface area contributed by atoms with Crippen LogP contribution in [-0.4, -0.2) is 20.7 Å². The second kappa shape index (κ2) is 9.30. The van der Waals surface area contributed by atoms with Gasteiger partial charge in [-0.25, -0.2) is 4.79 Å². The molecule has 0 N–H and O–H groups in total. The van der Waals surface area contributed by atoms with Crippen molar-refractivity contribution in [3.05, 3.63) is 105 Å². The van der Waals surface area contributed by atoms with Gasteiger partial charge in [0.05, 0.1) is 26.8 Å². The highest BCUT2D eigenvalue weighted by Gasteiger charge is 2.25. The van der Waals surface area contributed by atoms with E-state index in [2.05, 4.69) is 5.10 Å². The third-order valence-corrected chi connectivity index (χ3v) is 6.30. The van der Waals surface area contributed by atoms with Crippen molar-refractivity contribution in [1.82, 2.24) is 9.78 Å². The first-order chi connectivity index (χ1) is 15.8. The molecule has 0 aliphatic heterocycles. The van der Waals surface area contributed by atoms with E-state index in [4.69, 9.17) is 4.74 Å². The number of hydrogen-bond donors (Lipinski definition) is 0. The second-order valence-electron chi connectivity index (χ2n) is 7.48. The second-order valence-corrected chi connectivity index (χ2v) is 8.56. The van der Waals surface area contributed by atoms with E-state index in [1.165, 1.54) is 36.9 Å². The molecular weight excluding hydrogens is 438 g/mol. The van der Waals surface area contributed by atoms with E-state index in [0.717, 1.165) is 16.1 Å². The van der Waals surface area contributed by atoms with Crippen LogP contribution in [-0.2, 0) is 0 Å². The Morgan fingerprint density at radius 1 is 0.970 bits per heavy atom. The van der Waals surface area contributed by atoms with E-state index in [-0.39, 0.29) is 22.7 Å². The van der Waals surface area contributed by atoms with Gasteiger partial charge >= 0.3 is 5.97 Å². The van der Waals surface area contributed by atoms with Gasteiger partial charge in [-0.1, -0.05) is 53.7 Å². The van der Waals surface area contributed by atoms with Crippen LogP contribution in [0.15, 0.2) is 82.6 Å². The Hall–Kier alpha value is -3.91. The van der Waals surface area contributed by atoms with Crippen molar-refractivity contribution in [2.24, 2.45) is 0 Å². The Morgan fingerprint density at radius 2 is 1.67 bits per heavy atom. The minimum atomic E-state index is -0.681. The number of esters is 1. The van der Waals surface area contributed by atoms with Gasteiger partial charge in [0.2, 0.25) is 5.88 Å². The normalized spacial score (nSPS) is 10.8. The van der Waals surface area contributed by atoms with Gasteiger partial charge in [0.25, 0.3) is 5.69 Å². The molecule has 0 fully saturated rings. The number of aromatic nitrogens is 2. The number of aryl methyl sites for hydroxylation is 2. The van der Waals surface area contributed by atoms with Crippen molar-refractivity contribution >= 4 is 23.4 Å². The van der Waals surface area contributed by atoms with Crippen molar-refractivity contribution in [2.75, 3.05) is 0 Å². The molecule has 1 heterocycles. The zero-order chi connectivity index (χ0) is 23.5. The number of nitro groups is 1. The lowest BCUT2D eigenvalue weighted by molar-refractivity contribution is -0.385. The number of ether oxygens (including phenoxy) is 1. The Kier molecular flexibility index (Phi) is 6.28. The Bertz CT molecular complexity index is 1330. The maximum absolute atomic E-state index is 13.2. The summed E-state index contributed by atoms with van der Waals surface area (Å²) in [6.07, 6.45) is 0. The lowest BCUT2D eigenvalue weighted by Crippen LogP contribution is -2.14. The number of rotatable bonds is 6. The summed E-state index contributed by atoms with van der Waals surface area (Å²) in [5.74, 6) is -0.417. The molecule has 0 unspecified atom stereocenters. The van der Waals surface area contributed by atoms with Crippen molar-refractivity contribution in [3.8, 4) is 11.6 Å². The first-order valence-corrected chi connectivity index (χ1v) is 11.0. The standard InChI is InChI=1S/C25H21N3O4S/c1-16-12-14-20(15-13-16)33-23-18(3)26-27(19-8-5-4-6-9-19)24(23)32-25(29)21-10-7-11-22(17(21)2)28(30)31/h4-15H,1-3H3. The van der Waals surface area contributed by atoms with Gasteiger partial charge in [0.15, 0.2) is 0 Å². The Balaban J connectivity index is 1.78. The predicted molar refractivity (Wildman–Crippen MR) is 126 cm³/mol. The third-order valence-electron chi connectivity index (χ3n) is 5.12. The van der Waals surface area contributed by atoms with Crippen molar-refractivity contribution < 1.29 is 14.5 Å². The topological polar surface area (TPSA) is 87.3 Å². The minimum absolute atomic E-state index is 0.133. The summed E-state index contributed by atoms with van der Waals surface area (Å²) in [5.41, 5.74) is 2.82. The monoisotopic (exact) mass is 459 g/mol. The van der Waals surface area contributed by atoms with E-state index < -0.39 is 10.9 Å². The summed E-state index contributed by atoms with van der Waals surface area (Å²) in [7, 11) is 0. The van der Waals surface area contributed by atoms with Crippen LogP contribution in [0.1, 0.15) is 27.2 Å². The number of carbonyl (C=O) groups excluding carboxylic acids is 1.